The first-order valence-electron chi connectivity index (χ1n) is 3.92. The maximum atomic E-state index is 10.5. The molecule has 0 aliphatic carbocycles. The number of nitrogens with one attached hydrogen (secondary N) is 1. The molecule has 13 heteroatoms. The van der Waals surface area contributed by atoms with Crippen LogP contribution in [0.25, 0.3) is 0 Å². The number of carboxylic acid groups (broad SMARTS) is 2. The Bertz CT molecular complexity index is 375. The summed E-state index contributed by atoms with van der Waals surface area (Å²) in [6.45, 7) is -1.000. The minimum absolute atomic E-state index is 0. The first-order chi connectivity index (χ1) is 7.21. The molecule has 0 bridgehead atoms. The Morgan fingerprint density at radius 1 is 1.11 bits per heavy atom. The number of carbonyl (C=O) groups is 2. The van der Waals surface area contributed by atoms with Crippen LogP contribution in [0.3, 0.4) is 0 Å². The van der Waals surface area contributed by atoms with Crippen LogP contribution in [0, 0.1) is 0 Å². The van der Waals surface area contributed by atoms with Crippen LogP contribution in [0.2, 0.25) is 0 Å². The smallest absolute Gasteiger partial charge is 0.747 e. The third-order valence-electron chi connectivity index (χ3n) is 1.58. The molecule has 0 saturated carbocycles. The van der Waals surface area contributed by atoms with Gasteiger partial charge in [0.2, 0.25) is 0 Å². The van der Waals surface area contributed by atoms with E-state index in [2.05, 4.69) is 0 Å². The fourth-order valence-corrected chi connectivity index (χ4v) is 1.73. The predicted octanol–water partition coefficient (Wildman–Crippen LogP) is -14.6. The van der Waals surface area contributed by atoms with E-state index in [1.165, 1.54) is 0 Å². The third kappa shape index (κ3) is 11.0. The van der Waals surface area contributed by atoms with Crippen molar-refractivity contribution in [3.05, 3.63) is 0 Å². The zero-order chi connectivity index (χ0) is 12.9. The van der Waals surface area contributed by atoms with E-state index < -0.39 is 46.5 Å². The molecule has 0 aliphatic heterocycles. The Labute approximate surface area is 176 Å². The molecule has 0 aliphatic rings. The molecule has 2 atom stereocenters. The summed E-state index contributed by atoms with van der Waals surface area (Å²) in [7, 11) is -5.42. The van der Waals surface area contributed by atoms with Crippen LogP contribution in [0.15, 0.2) is 0 Å². The summed E-state index contributed by atoms with van der Waals surface area (Å²) in [4.78, 5) is 20.8. The van der Waals surface area contributed by atoms with Gasteiger partial charge in [-0.25, -0.2) is 8.42 Å². The monoisotopic (exact) mass is 323 g/mol. The van der Waals surface area contributed by atoms with E-state index in [0.717, 1.165) is 0 Å². The van der Waals surface area contributed by atoms with Crippen molar-refractivity contribution < 1.29 is 127 Å². The summed E-state index contributed by atoms with van der Waals surface area (Å²) >= 11 is 0. The number of rotatable bonds is 7. The van der Waals surface area contributed by atoms with Crippen molar-refractivity contribution in [1.82, 2.24) is 5.32 Å². The standard InChI is InChI=1S/C6H11NO8S.3Na/c8-2-1-7-3(5(9)10)4(6(11)12)16(13,14)15;;;/h3-4,7-8H,1-2H2,(H,9,10)(H,11,12)(H,13,14,15);;;/q;3*+1/p-3. The van der Waals surface area contributed by atoms with Crippen molar-refractivity contribution in [2.24, 2.45) is 0 Å². The summed E-state index contributed by atoms with van der Waals surface area (Å²) in [6.07, 6.45) is 0. The molecule has 2 unspecified atom stereocenters. The average molecular weight is 323 g/mol. The van der Waals surface area contributed by atoms with Crippen LogP contribution >= 0.6 is 0 Å². The van der Waals surface area contributed by atoms with Gasteiger partial charge in [-0.2, -0.15) is 0 Å². The summed E-state index contributed by atoms with van der Waals surface area (Å²) in [6, 6.07) is -2.28. The van der Waals surface area contributed by atoms with Crippen LogP contribution in [0.5, 0.6) is 0 Å². The third-order valence-corrected chi connectivity index (χ3v) is 2.66. The topological polar surface area (TPSA) is 170 Å². The Morgan fingerprint density at radius 3 is 1.74 bits per heavy atom. The Morgan fingerprint density at radius 2 is 1.53 bits per heavy atom. The quantitative estimate of drug-likeness (QED) is 0.341. The molecular formula is C6H8NNa3O8S. The fraction of sp³-hybridized carbons (Fsp3) is 0.667. The number of carboxylic acids is 2. The van der Waals surface area contributed by atoms with Gasteiger partial charge in [-0.05, 0) is 0 Å². The van der Waals surface area contributed by atoms with E-state index in [9.17, 15) is 32.8 Å². The second-order valence-corrected chi connectivity index (χ2v) is 4.20. The molecule has 0 radical (unpaired) electrons. The molecular weight excluding hydrogens is 315 g/mol. The van der Waals surface area contributed by atoms with Crippen LogP contribution in [0.1, 0.15) is 0 Å². The number of aliphatic hydroxyl groups excluding tert-OH is 1. The zero-order valence-corrected chi connectivity index (χ0v) is 17.6. The molecule has 0 rings (SSSR count). The fourth-order valence-electron chi connectivity index (χ4n) is 0.955. The molecule has 2 N–H and O–H groups in total. The molecule has 9 nitrogen and oxygen atoms in total. The van der Waals surface area contributed by atoms with Crippen molar-refractivity contribution in [3.8, 4) is 0 Å². The van der Waals surface area contributed by atoms with Gasteiger partial charge in [0.25, 0.3) is 0 Å². The number of aliphatic carboxylic acids is 2. The number of carbonyl (C=O) groups excluding carboxylic acids is 2. The minimum Gasteiger partial charge on any atom is -0.747 e. The van der Waals surface area contributed by atoms with Gasteiger partial charge in [-0.15, -0.1) is 0 Å². The van der Waals surface area contributed by atoms with E-state index >= 15 is 0 Å². The molecule has 94 valence electrons. The van der Waals surface area contributed by atoms with Gasteiger partial charge in [0.1, 0.15) is 15.4 Å². The van der Waals surface area contributed by atoms with E-state index in [1.54, 1.807) is 0 Å². The van der Waals surface area contributed by atoms with Gasteiger partial charge < -0.3 is 34.8 Å². The molecule has 0 heterocycles. The molecule has 0 amide bonds. The SMILES string of the molecule is O=C([O-])C(NCCO)C(C(=O)[O-])S(=O)(=O)[O-].[Na+].[Na+].[Na+]. The van der Waals surface area contributed by atoms with Crippen molar-refractivity contribution in [2.75, 3.05) is 13.2 Å². The van der Waals surface area contributed by atoms with Crippen molar-refractivity contribution in [2.45, 2.75) is 11.3 Å². The Balaban J connectivity index is -0.000000375. The van der Waals surface area contributed by atoms with Gasteiger partial charge in [-0.1, -0.05) is 0 Å². The van der Waals surface area contributed by atoms with Crippen LogP contribution < -0.4 is 104 Å². The molecule has 0 spiro atoms. The van der Waals surface area contributed by atoms with E-state index in [1.807, 2.05) is 5.32 Å². The Kier molecular flexibility index (Phi) is 20.4. The molecule has 0 saturated heterocycles. The van der Waals surface area contributed by atoms with Gasteiger partial charge >= 0.3 is 88.7 Å². The van der Waals surface area contributed by atoms with Gasteiger partial charge in [0.15, 0.2) is 0 Å². The number of hydrogen-bond donors (Lipinski definition) is 2. The largest absolute Gasteiger partial charge is 1.00 e. The van der Waals surface area contributed by atoms with Crippen molar-refractivity contribution in [1.29, 1.82) is 0 Å². The first kappa shape index (κ1) is 28.9. The molecule has 0 fully saturated rings. The van der Waals surface area contributed by atoms with E-state index in [4.69, 9.17) is 5.11 Å². The predicted molar refractivity (Wildman–Crippen MR) is 42.4 cm³/mol. The van der Waals surface area contributed by atoms with Crippen LogP contribution in [-0.4, -0.2) is 54.5 Å². The first-order valence-corrected chi connectivity index (χ1v) is 5.39. The summed E-state index contributed by atoms with van der Waals surface area (Å²) in [5.41, 5.74) is 0. The number of aliphatic hydroxyl groups is 1. The van der Waals surface area contributed by atoms with Gasteiger partial charge in [-0.3, -0.25) is 0 Å². The van der Waals surface area contributed by atoms with Crippen molar-refractivity contribution in [3.63, 3.8) is 0 Å². The van der Waals surface area contributed by atoms with E-state index in [0.29, 0.717) is 0 Å². The Hall–Kier alpha value is 1.77. The molecule has 0 aromatic heterocycles. The summed E-state index contributed by atoms with van der Waals surface area (Å²) in [5, 5.41) is 28.2. The second-order valence-electron chi connectivity index (χ2n) is 2.71. The maximum absolute atomic E-state index is 10.5. The molecule has 19 heavy (non-hydrogen) atoms. The summed E-state index contributed by atoms with van der Waals surface area (Å²) in [5.74, 6) is -4.45. The molecule has 0 aromatic rings. The average Bonchev–Trinajstić information content (AvgIpc) is 2.08. The summed E-state index contributed by atoms with van der Waals surface area (Å²) < 4.78 is 31.5. The van der Waals surface area contributed by atoms with Gasteiger partial charge in [0, 0.05) is 6.54 Å². The second kappa shape index (κ2) is 13.4. The zero-order valence-electron chi connectivity index (χ0n) is 10.8. The van der Waals surface area contributed by atoms with Crippen molar-refractivity contribution >= 4 is 22.1 Å². The van der Waals surface area contributed by atoms with E-state index in [-0.39, 0.29) is 88.7 Å². The molecule has 0 aromatic carbocycles. The number of hydrogen-bond acceptors (Lipinski definition) is 9. The minimum atomic E-state index is -5.42. The van der Waals surface area contributed by atoms with Crippen LogP contribution in [-0.2, 0) is 19.7 Å². The normalized spacial score (nSPS) is 12.9. The van der Waals surface area contributed by atoms with Gasteiger partial charge in [0.05, 0.1) is 24.6 Å². The van der Waals surface area contributed by atoms with Crippen LogP contribution in [0.4, 0.5) is 0 Å². The maximum Gasteiger partial charge on any atom is 1.00 e.